The number of pyridine rings is 1. The van der Waals surface area contributed by atoms with E-state index in [4.69, 9.17) is 4.98 Å². The van der Waals surface area contributed by atoms with Crippen molar-refractivity contribution >= 4 is 35.1 Å². The fraction of sp³-hybridized carbons (Fsp3) is 0.633. The molecule has 3 fully saturated rings. The lowest BCUT2D eigenvalue weighted by Gasteiger charge is -2.38. The molecule has 0 radical (unpaired) electrons. The highest BCUT2D eigenvalue weighted by Crippen LogP contribution is 2.38. The molecule has 2 saturated carbocycles. The molecule has 0 spiro atoms. The smallest absolute Gasteiger partial charge is 0.245 e. The Morgan fingerprint density at radius 1 is 0.900 bits per heavy atom. The van der Waals surface area contributed by atoms with Crippen LogP contribution in [0.4, 0.5) is 23.3 Å². The minimum absolute atomic E-state index is 0.121. The lowest BCUT2D eigenvalue weighted by Crippen LogP contribution is -2.50. The lowest BCUT2D eigenvalue weighted by molar-refractivity contribution is -0.136. The second-order valence-electron chi connectivity index (χ2n) is 12.0. The molecule has 10 heteroatoms. The number of rotatable bonds is 6. The molecule has 4 aliphatic rings. The largest absolute Gasteiger partial charge is 0.367 e. The molecular weight excluding hydrogens is 504 g/mol. The molecule has 214 valence electrons. The van der Waals surface area contributed by atoms with Crippen LogP contribution in [0.3, 0.4) is 0 Å². The van der Waals surface area contributed by atoms with E-state index in [1.165, 1.54) is 32.1 Å². The maximum absolute atomic E-state index is 13.0. The molecule has 1 saturated heterocycles. The number of anilines is 4. The summed E-state index contributed by atoms with van der Waals surface area (Å²) in [6.07, 6.45) is 14.7. The number of likely N-dealkylation sites (N-methyl/N-ethyl adjacent to an activating group) is 1. The summed E-state index contributed by atoms with van der Waals surface area (Å²) in [5, 5.41) is 3.27. The van der Waals surface area contributed by atoms with Crippen LogP contribution in [-0.4, -0.2) is 88.9 Å². The molecule has 2 aliphatic carbocycles. The number of nitrogens with zero attached hydrogens (tertiary/aromatic N) is 7. The van der Waals surface area contributed by atoms with E-state index >= 15 is 0 Å². The van der Waals surface area contributed by atoms with Gasteiger partial charge < -0.3 is 24.9 Å². The van der Waals surface area contributed by atoms with Crippen molar-refractivity contribution in [1.29, 1.82) is 0 Å². The molecule has 2 aromatic rings. The maximum Gasteiger partial charge on any atom is 0.245 e. The normalized spacial score (nSPS) is 21.9. The first kappa shape index (κ1) is 26.8. The zero-order chi connectivity index (χ0) is 27.6. The third-order valence-corrected chi connectivity index (χ3v) is 9.18. The van der Waals surface area contributed by atoms with E-state index in [9.17, 15) is 9.59 Å². The summed E-state index contributed by atoms with van der Waals surface area (Å²) in [4.78, 5) is 48.3. The van der Waals surface area contributed by atoms with Crippen molar-refractivity contribution in [2.24, 2.45) is 5.92 Å². The van der Waals surface area contributed by atoms with Gasteiger partial charge in [-0.15, -0.1) is 0 Å². The number of amides is 2. The van der Waals surface area contributed by atoms with Crippen molar-refractivity contribution in [1.82, 2.24) is 24.8 Å². The van der Waals surface area contributed by atoms with E-state index < -0.39 is 0 Å². The Bertz CT molecular complexity index is 1200. The van der Waals surface area contributed by atoms with Gasteiger partial charge in [-0.25, -0.2) is 9.97 Å². The van der Waals surface area contributed by atoms with Crippen molar-refractivity contribution in [3.63, 3.8) is 0 Å². The molecule has 2 aromatic heterocycles. The zero-order valence-electron chi connectivity index (χ0n) is 23.9. The molecule has 4 heterocycles. The fourth-order valence-electron chi connectivity index (χ4n) is 6.95. The Balaban J connectivity index is 1.09. The maximum atomic E-state index is 13.0. The minimum Gasteiger partial charge on any atom is -0.367 e. The van der Waals surface area contributed by atoms with Gasteiger partial charge in [0.15, 0.2) is 0 Å². The van der Waals surface area contributed by atoms with Crippen LogP contribution < -0.4 is 15.1 Å². The highest BCUT2D eigenvalue weighted by molar-refractivity contribution is 5.87. The molecule has 1 unspecified atom stereocenters. The summed E-state index contributed by atoms with van der Waals surface area (Å²) < 4.78 is 0. The number of carbonyl (C=O) groups excluding carboxylic acids is 2. The Kier molecular flexibility index (Phi) is 7.76. The van der Waals surface area contributed by atoms with Crippen LogP contribution in [0.2, 0.25) is 0 Å². The average molecular weight is 547 g/mol. The van der Waals surface area contributed by atoms with Crippen molar-refractivity contribution < 1.29 is 9.59 Å². The lowest BCUT2D eigenvalue weighted by atomic mass is 9.88. The van der Waals surface area contributed by atoms with Gasteiger partial charge in [0.25, 0.3) is 0 Å². The van der Waals surface area contributed by atoms with Gasteiger partial charge in [-0.1, -0.05) is 32.1 Å². The van der Waals surface area contributed by atoms with Crippen LogP contribution >= 0.6 is 0 Å². The molecule has 2 amide bonds. The Morgan fingerprint density at radius 2 is 1.62 bits per heavy atom. The first-order valence-corrected chi connectivity index (χ1v) is 15.1. The van der Waals surface area contributed by atoms with Crippen LogP contribution in [-0.2, 0) is 16.0 Å². The van der Waals surface area contributed by atoms with E-state index in [0.29, 0.717) is 30.1 Å². The van der Waals surface area contributed by atoms with Crippen molar-refractivity contribution in [3.8, 4) is 0 Å². The Labute approximate surface area is 237 Å². The monoisotopic (exact) mass is 546 g/mol. The average Bonchev–Trinajstić information content (AvgIpc) is 3.65. The summed E-state index contributed by atoms with van der Waals surface area (Å²) in [6, 6.07) is 4.15. The SMILES string of the molecule is CN(C)C(=O)C1Cc2cnc(Nc3ccc(N4CCN(C(=O)C5CCCCC5)CC4)cn3)nc2N1C1CCCC1. The van der Waals surface area contributed by atoms with Crippen LogP contribution in [0.15, 0.2) is 24.5 Å². The van der Waals surface area contributed by atoms with E-state index in [2.05, 4.69) is 36.1 Å². The van der Waals surface area contributed by atoms with E-state index in [1.54, 1.807) is 4.90 Å². The van der Waals surface area contributed by atoms with Crippen LogP contribution in [0.1, 0.15) is 63.4 Å². The van der Waals surface area contributed by atoms with E-state index in [0.717, 1.165) is 68.9 Å². The molecule has 1 N–H and O–H groups in total. The van der Waals surface area contributed by atoms with Crippen LogP contribution in [0, 0.1) is 5.92 Å². The summed E-state index contributed by atoms with van der Waals surface area (Å²) in [5.74, 6) is 2.77. The standard InChI is InChI=1S/C30H42N8O2/c1-35(2)29(40)25-18-22-19-32-30(34-27(22)38(25)23-10-6-7-11-23)33-26-13-12-24(20-31-26)36-14-16-37(17-15-36)28(39)21-8-4-3-5-9-21/h12-13,19-21,23,25H,3-11,14-18H2,1-2H3,(H,31,32,33,34). The molecule has 0 bridgehead atoms. The first-order chi connectivity index (χ1) is 19.5. The zero-order valence-corrected chi connectivity index (χ0v) is 23.9. The number of nitrogens with one attached hydrogen (secondary N) is 1. The van der Waals surface area contributed by atoms with Crippen molar-refractivity contribution in [2.75, 3.05) is 55.4 Å². The molecular formula is C30H42N8O2. The number of hydrogen-bond donors (Lipinski definition) is 1. The molecule has 40 heavy (non-hydrogen) atoms. The molecule has 0 aromatic carbocycles. The number of hydrogen-bond acceptors (Lipinski definition) is 8. The van der Waals surface area contributed by atoms with Gasteiger partial charge in [0.1, 0.15) is 17.7 Å². The topological polar surface area (TPSA) is 97.8 Å². The number of piperazine rings is 1. The summed E-state index contributed by atoms with van der Waals surface area (Å²) in [5.41, 5.74) is 2.09. The summed E-state index contributed by atoms with van der Waals surface area (Å²) in [6.45, 7) is 3.19. The third kappa shape index (κ3) is 5.45. The minimum atomic E-state index is -0.214. The second-order valence-corrected chi connectivity index (χ2v) is 12.0. The van der Waals surface area contributed by atoms with Crippen molar-refractivity contribution in [3.05, 3.63) is 30.1 Å². The predicted molar refractivity (Wildman–Crippen MR) is 156 cm³/mol. The first-order valence-electron chi connectivity index (χ1n) is 15.1. The van der Waals surface area contributed by atoms with Gasteiger partial charge in [0.2, 0.25) is 17.8 Å². The predicted octanol–water partition coefficient (Wildman–Crippen LogP) is 3.61. The van der Waals surface area contributed by atoms with Crippen LogP contribution in [0.25, 0.3) is 0 Å². The van der Waals surface area contributed by atoms with Gasteiger partial charge in [-0.2, -0.15) is 4.98 Å². The summed E-state index contributed by atoms with van der Waals surface area (Å²) >= 11 is 0. The molecule has 6 rings (SSSR count). The van der Waals surface area contributed by atoms with Gasteiger partial charge in [-0.05, 0) is 37.8 Å². The van der Waals surface area contributed by atoms with E-state index in [1.807, 2.05) is 32.6 Å². The molecule has 2 aliphatic heterocycles. The van der Waals surface area contributed by atoms with Crippen molar-refractivity contribution in [2.45, 2.75) is 76.3 Å². The molecule has 1 atom stereocenters. The third-order valence-electron chi connectivity index (χ3n) is 9.18. The highest BCUT2D eigenvalue weighted by Gasteiger charge is 2.41. The van der Waals surface area contributed by atoms with Gasteiger partial charge in [-0.3, -0.25) is 9.59 Å². The Morgan fingerprint density at radius 3 is 2.30 bits per heavy atom. The van der Waals surface area contributed by atoms with Gasteiger partial charge in [0.05, 0.1) is 11.9 Å². The highest BCUT2D eigenvalue weighted by atomic mass is 16.2. The van der Waals surface area contributed by atoms with Gasteiger partial charge >= 0.3 is 0 Å². The van der Waals surface area contributed by atoms with Crippen LogP contribution in [0.5, 0.6) is 0 Å². The number of fused-ring (bicyclic) bond motifs is 1. The van der Waals surface area contributed by atoms with E-state index in [-0.39, 0.29) is 17.9 Å². The Hall–Kier alpha value is -3.43. The number of carbonyl (C=O) groups is 2. The second kappa shape index (κ2) is 11.6. The van der Waals surface area contributed by atoms with Gasteiger partial charge in [0, 0.05) is 70.4 Å². The molecule has 10 nitrogen and oxygen atoms in total. The fourth-order valence-corrected chi connectivity index (χ4v) is 6.95. The quantitative estimate of drug-likeness (QED) is 0.587. The number of aromatic nitrogens is 3. The summed E-state index contributed by atoms with van der Waals surface area (Å²) in [7, 11) is 3.64.